The average Bonchev–Trinajstić information content (AvgIpc) is 2.63. The molecule has 2 rings (SSSR count). The summed E-state index contributed by atoms with van der Waals surface area (Å²) in [5, 5.41) is 2.62. The predicted molar refractivity (Wildman–Crippen MR) is 98.1 cm³/mol. The zero-order valence-electron chi connectivity index (χ0n) is 15.2. The van der Waals surface area contributed by atoms with Crippen LogP contribution in [-0.4, -0.2) is 43.8 Å². The first-order chi connectivity index (χ1) is 12.3. The lowest BCUT2D eigenvalue weighted by Crippen LogP contribution is -2.35. The third-order valence-electron chi connectivity index (χ3n) is 4.21. The molecule has 0 saturated carbocycles. The minimum atomic E-state index is -3.49. The highest BCUT2D eigenvalue weighted by atomic mass is 32.2. The molecule has 0 aromatic heterocycles. The van der Waals surface area contributed by atoms with E-state index in [1.807, 2.05) is 6.92 Å². The molecule has 1 aromatic carbocycles. The summed E-state index contributed by atoms with van der Waals surface area (Å²) in [5.74, 6) is -0.876. The van der Waals surface area contributed by atoms with Crippen LogP contribution in [0.4, 0.5) is 5.69 Å². The fraction of sp³-hybridized carbons (Fsp3) is 0.556. The second kappa shape index (κ2) is 9.14. The fourth-order valence-corrected chi connectivity index (χ4v) is 4.24. The third kappa shape index (κ3) is 5.28. The van der Waals surface area contributed by atoms with Crippen LogP contribution in [0.3, 0.4) is 0 Å². The third-order valence-corrected chi connectivity index (χ3v) is 6.12. The van der Waals surface area contributed by atoms with Gasteiger partial charge in [-0.25, -0.2) is 8.42 Å². The number of sulfonamides is 1. The van der Waals surface area contributed by atoms with Crippen molar-refractivity contribution in [1.29, 1.82) is 0 Å². The van der Waals surface area contributed by atoms with Gasteiger partial charge in [0.2, 0.25) is 10.0 Å². The monoisotopic (exact) mass is 382 g/mol. The van der Waals surface area contributed by atoms with E-state index >= 15 is 0 Å². The Morgan fingerprint density at radius 2 is 1.77 bits per heavy atom. The molecule has 1 amide bonds. The number of rotatable bonds is 7. The van der Waals surface area contributed by atoms with Crippen LogP contribution >= 0.6 is 0 Å². The standard InChI is InChI=1S/C18H26N2O5S/c1-3-7-17(21)25-14(2)18(22)19-15-8-10-16(11-9-15)26(23,24)20-12-5-4-6-13-20/h8-11,14H,3-7,12-13H2,1-2H3,(H,19,22). The van der Waals surface area contributed by atoms with E-state index < -0.39 is 28.0 Å². The van der Waals surface area contributed by atoms with Gasteiger partial charge >= 0.3 is 5.97 Å². The number of carbonyl (C=O) groups excluding carboxylic acids is 2. The molecule has 1 aromatic rings. The van der Waals surface area contributed by atoms with Crippen molar-refractivity contribution in [3.05, 3.63) is 24.3 Å². The zero-order chi connectivity index (χ0) is 19.2. The van der Waals surface area contributed by atoms with Crippen molar-refractivity contribution in [3.63, 3.8) is 0 Å². The SMILES string of the molecule is CCCC(=O)OC(C)C(=O)Nc1ccc(S(=O)(=O)N2CCCCC2)cc1. The number of hydrogen-bond acceptors (Lipinski definition) is 5. The highest BCUT2D eigenvalue weighted by Crippen LogP contribution is 2.22. The summed E-state index contributed by atoms with van der Waals surface area (Å²) >= 11 is 0. The van der Waals surface area contributed by atoms with Crippen LogP contribution in [0.5, 0.6) is 0 Å². The van der Waals surface area contributed by atoms with Crippen LogP contribution in [0, 0.1) is 0 Å². The molecule has 1 heterocycles. The molecule has 1 N–H and O–H groups in total. The molecule has 1 fully saturated rings. The number of anilines is 1. The Bertz CT molecular complexity index is 724. The van der Waals surface area contributed by atoms with Gasteiger partial charge in [0.15, 0.2) is 6.10 Å². The molecule has 7 nitrogen and oxygen atoms in total. The van der Waals surface area contributed by atoms with E-state index in [0.717, 1.165) is 19.3 Å². The van der Waals surface area contributed by atoms with Crippen molar-refractivity contribution >= 4 is 27.6 Å². The maximum absolute atomic E-state index is 12.6. The van der Waals surface area contributed by atoms with E-state index in [1.54, 1.807) is 0 Å². The van der Waals surface area contributed by atoms with Crippen LogP contribution in [0.1, 0.15) is 46.0 Å². The summed E-state index contributed by atoms with van der Waals surface area (Å²) in [6.07, 6.45) is 2.81. The average molecular weight is 382 g/mol. The predicted octanol–water partition coefficient (Wildman–Crippen LogP) is 2.53. The lowest BCUT2D eigenvalue weighted by Gasteiger charge is -2.25. The molecule has 1 atom stereocenters. The summed E-state index contributed by atoms with van der Waals surface area (Å²) in [5.41, 5.74) is 0.450. The number of amides is 1. The van der Waals surface area contributed by atoms with E-state index in [1.165, 1.54) is 35.5 Å². The normalized spacial score (nSPS) is 16.7. The highest BCUT2D eigenvalue weighted by Gasteiger charge is 2.26. The minimum Gasteiger partial charge on any atom is -0.453 e. The summed E-state index contributed by atoms with van der Waals surface area (Å²) in [6, 6.07) is 6.03. The second-order valence-electron chi connectivity index (χ2n) is 6.36. The molecule has 26 heavy (non-hydrogen) atoms. The highest BCUT2D eigenvalue weighted by molar-refractivity contribution is 7.89. The molecule has 0 spiro atoms. The largest absolute Gasteiger partial charge is 0.453 e. The number of piperidine rings is 1. The number of hydrogen-bond donors (Lipinski definition) is 1. The number of carbonyl (C=O) groups is 2. The van der Waals surface area contributed by atoms with Crippen LogP contribution in [-0.2, 0) is 24.3 Å². The molecule has 0 bridgehead atoms. The number of nitrogens with one attached hydrogen (secondary N) is 1. The van der Waals surface area contributed by atoms with Gasteiger partial charge < -0.3 is 10.1 Å². The van der Waals surface area contributed by atoms with Gasteiger partial charge in [0, 0.05) is 25.2 Å². The van der Waals surface area contributed by atoms with Gasteiger partial charge in [0.25, 0.3) is 5.91 Å². The Balaban J connectivity index is 1.98. The molecule has 1 saturated heterocycles. The first-order valence-corrected chi connectivity index (χ1v) is 10.4. The number of benzene rings is 1. The van der Waals surface area contributed by atoms with Gasteiger partial charge in [-0.05, 0) is 50.5 Å². The van der Waals surface area contributed by atoms with Crippen LogP contribution in [0.2, 0.25) is 0 Å². The van der Waals surface area contributed by atoms with E-state index in [0.29, 0.717) is 25.2 Å². The Hall–Kier alpha value is -1.93. The molecule has 8 heteroatoms. The van der Waals surface area contributed by atoms with Crippen molar-refractivity contribution in [3.8, 4) is 0 Å². The van der Waals surface area contributed by atoms with Crippen molar-refractivity contribution < 1.29 is 22.7 Å². The Labute approximate surface area is 154 Å². The minimum absolute atomic E-state index is 0.208. The maximum atomic E-state index is 12.6. The zero-order valence-corrected chi connectivity index (χ0v) is 16.0. The molecule has 1 unspecified atom stereocenters. The van der Waals surface area contributed by atoms with Crippen molar-refractivity contribution in [2.75, 3.05) is 18.4 Å². The van der Waals surface area contributed by atoms with Gasteiger partial charge in [-0.1, -0.05) is 13.3 Å². The van der Waals surface area contributed by atoms with E-state index in [4.69, 9.17) is 4.74 Å². The molecule has 144 valence electrons. The lowest BCUT2D eigenvalue weighted by molar-refractivity contribution is -0.153. The van der Waals surface area contributed by atoms with E-state index in [2.05, 4.69) is 5.32 Å². The molecule has 0 radical (unpaired) electrons. The maximum Gasteiger partial charge on any atom is 0.306 e. The summed E-state index contributed by atoms with van der Waals surface area (Å²) in [7, 11) is -3.49. The summed E-state index contributed by atoms with van der Waals surface area (Å²) in [6.45, 7) is 4.44. The van der Waals surface area contributed by atoms with E-state index in [9.17, 15) is 18.0 Å². The number of nitrogens with zero attached hydrogens (tertiary/aromatic N) is 1. The Kier molecular flexibility index (Phi) is 7.16. The van der Waals surface area contributed by atoms with Crippen molar-refractivity contribution in [2.24, 2.45) is 0 Å². The van der Waals surface area contributed by atoms with Gasteiger partial charge in [-0.3, -0.25) is 9.59 Å². The summed E-state index contributed by atoms with van der Waals surface area (Å²) in [4.78, 5) is 23.7. The smallest absolute Gasteiger partial charge is 0.306 e. The molecule has 1 aliphatic heterocycles. The first-order valence-electron chi connectivity index (χ1n) is 8.95. The quantitative estimate of drug-likeness (QED) is 0.732. The molecule has 0 aliphatic carbocycles. The van der Waals surface area contributed by atoms with Crippen LogP contribution < -0.4 is 5.32 Å². The molecule has 1 aliphatic rings. The van der Waals surface area contributed by atoms with Gasteiger partial charge in [0.05, 0.1) is 4.90 Å². The van der Waals surface area contributed by atoms with Crippen LogP contribution in [0.25, 0.3) is 0 Å². The number of esters is 1. The van der Waals surface area contributed by atoms with Gasteiger partial charge in [0.1, 0.15) is 0 Å². The van der Waals surface area contributed by atoms with E-state index in [-0.39, 0.29) is 11.3 Å². The lowest BCUT2D eigenvalue weighted by atomic mass is 10.2. The Morgan fingerprint density at radius 1 is 1.15 bits per heavy atom. The van der Waals surface area contributed by atoms with Crippen molar-refractivity contribution in [2.45, 2.75) is 57.0 Å². The molecular formula is C18H26N2O5S. The second-order valence-corrected chi connectivity index (χ2v) is 8.30. The van der Waals surface area contributed by atoms with Gasteiger partial charge in [-0.15, -0.1) is 0 Å². The molecular weight excluding hydrogens is 356 g/mol. The number of ether oxygens (including phenoxy) is 1. The summed E-state index contributed by atoms with van der Waals surface area (Å²) < 4.78 is 31.7. The first kappa shape index (κ1) is 20.4. The van der Waals surface area contributed by atoms with Gasteiger partial charge in [-0.2, -0.15) is 4.31 Å². The van der Waals surface area contributed by atoms with Crippen LogP contribution in [0.15, 0.2) is 29.2 Å². The Morgan fingerprint density at radius 3 is 2.35 bits per heavy atom. The fourth-order valence-electron chi connectivity index (χ4n) is 2.72. The van der Waals surface area contributed by atoms with Crippen molar-refractivity contribution in [1.82, 2.24) is 4.31 Å². The topological polar surface area (TPSA) is 92.8 Å².